The van der Waals surface area contributed by atoms with E-state index in [2.05, 4.69) is 20.0 Å². The molecule has 0 saturated heterocycles. The van der Waals surface area contributed by atoms with Gasteiger partial charge in [-0.1, -0.05) is 11.3 Å². The number of hydrogen-bond acceptors (Lipinski definition) is 8. The zero-order valence-electron chi connectivity index (χ0n) is 12.5. The number of nitrogens with two attached hydrogens (primary N) is 1. The SMILES string of the molecule is COC(=O)Nc1nc2c(OC)ccc(-c3csc(CN)n3)c2s1. The van der Waals surface area contributed by atoms with Gasteiger partial charge in [0.25, 0.3) is 0 Å². The van der Waals surface area contributed by atoms with Crippen LogP contribution in [0.4, 0.5) is 9.93 Å². The molecule has 3 rings (SSSR count). The van der Waals surface area contributed by atoms with Crippen LogP contribution in [-0.4, -0.2) is 30.3 Å². The van der Waals surface area contributed by atoms with Gasteiger partial charge in [-0.2, -0.15) is 0 Å². The molecule has 2 heterocycles. The Morgan fingerprint density at radius 3 is 2.83 bits per heavy atom. The molecule has 0 radical (unpaired) electrons. The number of aromatic nitrogens is 2. The first-order chi connectivity index (χ1) is 11.2. The summed E-state index contributed by atoms with van der Waals surface area (Å²) in [6, 6.07) is 3.76. The molecule has 0 aliphatic carbocycles. The number of nitrogens with one attached hydrogen (secondary N) is 1. The molecule has 1 aromatic carbocycles. The highest BCUT2D eigenvalue weighted by Gasteiger charge is 2.17. The first kappa shape index (κ1) is 15.7. The molecule has 0 aliphatic heterocycles. The fourth-order valence-corrected chi connectivity index (χ4v) is 3.73. The van der Waals surface area contributed by atoms with Crippen LogP contribution in [0, 0.1) is 0 Å². The predicted octanol–water partition coefficient (Wildman–Crippen LogP) is 3.07. The second-order valence-corrected chi connectivity index (χ2v) is 6.40. The lowest BCUT2D eigenvalue weighted by Gasteiger charge is -2.03. The number of thiazole rings is 2. The molecular weight excluding hydrogens is 336 g/mol. The van der Waals surface area contributed by atoms with Crippen molar-refractivity contribution in [3.05, 3.63) is 22.5 Å². The Hall–Kier alpha value is -2.23. The molecule has 0 saturated carbocycles. The number of benzene rings is 1. The molecule has 0 bridgehead atoms. The van der Waals surface area contributed by atoms with Crippen LogP contribution in [0.25, 0.3) is 21.5 Å². The van der Waals surface area contributed by atoms with Crippen LogP contribution in [0.1, 0.15) is 5.01 Å². The van der Waals surface area contributed by atoms with E-state index in [0.717, 1.165) is 21.0 Å². The van der Waals surface area contributed by atoms with Gasteiger partial charge >= 0.3 is 6.09 Å². The molecule has 9 heteroatoms. The topological polar surface area (TPSA) is 99.4 Å². The fraction of sp³-hybridized carbons (Fsp3) is 0.214. The molecule has 120 valence electrons. The van der Waals surface area contributed by atoms with Crippen molar-refractivity contribution in [3.63, 3.8) is 0 Å². The van der Waals surface area contributed by atoms with Crippen LogP contribution in [0.5, 0.6) is 5.75 Å². The lowest BCUT2D eigenvalue weighted by molar-refractivity contribution is 0.187. The second-order valence-electron chi connectivity index (χ2n) is 4.46. The van der Waals surface area contributed by atoms with E-state index in [0.29, 0.717) is 22.9 Å². The Bertz CT molecular complexity index is 859. The van der Waals surface area contributed by atoms with Crippen LogP contribution in [-0.2, 0) is 11.3 Å². The fourth-order valence-electron chi connectivity index (χ4n) is 2.07. The van der Waals surface area contributed by atoms with Crippen molar-refractivity contribution in [1.82, 2.24) is 9.97 Å². The minimum absolute atomic E-state index is 0.405. The molecular formula is C14H14N4O3S2. The van der Waals surface area contributed by atoms with Gasteiger partial charge in [0.1, 0.15) is 16.3 Å². The molecule has 0 fully saturated rings. The zero-order valence-corrected chi connectivity index (χ0v) is 14.1. The number of fused-ring (bicyclic) bond motifs is 1. The van der Waals surface area contributed by atoms with Crippen LogP contribution >= 0.6 is 22.7 Å². The summed E-state index contributed by atoms with van der Waals surface area (Å²) in [5, 5.41) is 5.83. The smallest absolute Gasteiger partial charge is 0.413 e. The van der Waals surface area contributed by atoms with Crippen molar-refractivity contribution >= 4 is 44.1 Å². The lowest BCUT2D eigenvalue weighted by atomic mass is 10.1. The maximum absolute atomic E-state index is 11.4. The maximum Gasteiger partial charge on any atom is 0.413 e. The van der Waals surface area contributed by atoms with Gasteiger partial charge in [-0.05, 0) is 12.1 Å². The average Bonchev–Trinajstić information content (AvgIpc) is 3.20. The summed E-state index contributed by atoms with van der Waals surface area (Å²) < 4.78 is 10.8. The van der Waals surface area contributed by atoms with E-state index < -0.39 is 6.09 Å². The molecule has 1 amide bonds. The van der Waals surface area contributed by atoms with Gasteiger partial charge in [0, 0.05) is 17.5 Å². The van der Waals surface area contributed by atoms with E-state index in [9.17, 15) is 4.79 Å². The largest absolute Gasteiger partial charge is 0.494 e. The van der Waals surface area contributed by atoms with Crippen molar-refractivity contribution < 1.29 is 14.3 Å². The highest BCUT2D eigenvalue weighted by Crippen LogP contribution is 2.39. The summed E-state index contributed by atoms with van der Waals surface area (Å²) in [7, 11) is 2.88. The number of methoxy groups -OCH3 is 2. The molecule has 0 unspecified atom stereocenters. The maximum atomic E-state index is 11.4. The molecule has 23 heavy (non-hydrogen) atoms. The van der Waals surface area contributed by atoms with E-state index in [1.165, 1.54) is 29.8 Å². The first-order valence-electron chi connectivity index (χ1n) is 6.63. The second kappa shape index (κ2) is 6.49. The monoisotopic (exact) mass is 350 g/mol. The number of anilines is 1. The Kier molecular flexibility index (Phi) is 4.42. The standard InChI is InChI=1S/C14H14N4O3S2/c1-20-9-4-3-7(8-6-22-10(5-15)16-8)12-11(9)17-13(23-12)18-14(19)21-2/h3-4,6H,5,15H2,1-2H3,(H,17,18,19). The summed E-state index contributed by atoms with van der Waals surface area (Å²) in [6.45, 7) is 0.405. The number of carbonyl (C=O) groups is 1. The highest BCUT2D eigenvalue weighted by atomic mass is 32.1. The first-order valence-corrected chi connectivity index (χ1v) is 8.33. The average molecular weight is 350 g/mol. The number of amides is 1. The quantitative estimate of drug-likeness (QED) is 0.750. The third-order valence-electron chi connectivity index (χ3n) is 3.12. The van der Waals surface area contributed by atoms with E-state index >= 15 is 0 Å². The Morgan fingerprint density at radius 2 is 2.17 bits per heavy atom. The summed E-state index contributed by atoms with van der Waals surface area (Å²) >= 11 is 2.85. The number of hydrogen-bond donors (Lipinski definition) is 2. The molecule has 3 N–H and O–H groups in total. The normalized spacial score (nSPS) is 10.7. The molecule has 0 aliphatic rings. The Labute approximate surface area is 140 Å². The minimum Gasteiger partial charge on any atom is -0.494 e. The van der Waals surface area contributed by atoms with Crippen molar-refractivity contribution in [3.8, 4) is 17.0 Å². The van der Waals surface area contributed by atoms with Crippen LogP contribution in [0.2, 0.25) is 0 Å². The van der Waals surface area contributed by atoms with Gasteiger partial charge in [-0.25, -0.2) is 14.8 Å². The lowest BCUT2D eigenvalue weighted by Crippen LogP contribution is -2.10. The number of rotatable bonds is 4. The van der Waals surface area contributed by atoms with Crippen molar-refractivity contribution in [2.45, 2.75) is 6.54 Å². The third-order valence-corrected chi connectivity index (χ3v) is 5.00. The number of ether oxygens (including phenoxy) is 2. The van der Waals surface area contributed by atoms with Crippen molar-refractivity contribution in [1.29, 1.82) is 0 Å². The molecule has 0 spiro atoms. The van der Waals surface area contributed by atoms with Gasteiger partial charge in [0.2, 0.25) is 0 Å². The summed E-state index contributed by atoms with van der Waals surface area (Å²) in [6.07, 6.45) is -0.566. The van der Waals surface area contributed by atoms with Gasteiger partial charge in [-0.3, -0.25) is 5.32 Å². The summed E-state index contributed by atoms with van der Waals surface area (Å²) in [5.74, 6) is 0.632. The van der Waals surface area contributed by atoms with Crippen LogP contribution in [0.3, 0.4) is 0 Å². The third kappa shape index (κ3) is 2.98. The molecule has 7 nitrogen and oxygen atoms in total. The van der Waals surface area contributed by atoms with Crippen LogP contribution < -0.4 is 15.8 Å². The van der Waals surface area contributed by atoms with Gasteiger partial charge in [-0.15, -0.1) is 11.3 Å². The van der Waals surface area contributed by atoms with Crippen molar-refractivity contribution in [2.24, 2.45) is 5.73 Å². The van der Waals surface area contributed by atoms with E-state index in [1.807, 2.05) is 17.5 Å². The van der Waals surface area contributed by atoms with Crippen LogP contribution in [0.15, 0.2) is 17.5 Å². The predicted molar refractivity (Wildman–Crippen MR) is 91.2 cm³/mol. The summed E-state index contributed by atoms with van der Waals surface area (Å²) in [5.41, 5.74) is 8.05. The molecule has 3 aromatic rings. The number of carbonyl (C=O) groups excluding carboxylic acids is 1. The highest BCUT2D eigenvalue weighted by molar-refractivity contribution is 7.23. The van der Waals surface area contributed by atoms with E-state index in [4.69, 9.17) is 10.5 Å². The molecule has 2 aromatic heterocycles. The van der Waals surface area contributed by atoms with E-state index in [-0.39, 0.29) is 0 Å². The number of nitrogens with zero attached hydrogens (tertiary/aromatic N) is 2. The summed E-state index contributed by atoms with van der Waals surface area (Å²) in [4.78, 5) is 20.3. The zero-order chi connectivity index (χ0) is 16.4. The van der Waals surface area contributed by atoms with Crippen molar-refractivity contribution in [2.75, 3.05) is 19.5 Å². The van der Waals surface area contributed by atoms with Gasteiger partial charge < -0.3 is 15.2 Å². The van der Waals surface area contributed by atoms with Gasteiger partial charge in [0.15, 0.2) is 5.13 Å². The molecule has 0 atom stereocenters. The minimum atomic E-state index is -0.566. The van der Waals surface area contributed by atoms with Gasteiger partial charge in [0.05, 0.1) is 24.6 Å². The Morgan fingerprint density at radius 1 is 1.35 bits per heavy atom. The van der Waals surface area contributed by atoms with E-state index in [1.54, 1.807) is 7.11 Å². The Balaban J connectivity index is 2.13.